The molecule has 0 N–H and O–H groups in total. The first-order valence-corrected chi connectivity index (χ1v) is 7.95. The Hall–Kier alpha value is -0.650. The van der Waals surface area contributed by atoms with Gasteiger partial charge in [-0.1, -0.05) is 6.92 Å². The summed E-state index contributed by atoms with van der Waals surface area (Å²) < 4.78 is 11.4. The highest BCUT2D eigenvalue weighted by Gasteiger charge is 2.40. The Morgan fingerprint density at radius 1 is 1.20 bits per heavy atom. The molecule has 3 aliphatic heterocycles. The zero-order valence-corrected chi connectivity index (χ0v) is 12.5. The van der Waals surface area contributed by atoms with Crippen molar-refractivity contribution in [2.45, 2.75) is 38.4 Å². The van der Waals surface area contributed by atoms with Crippen molar-refractivity contribution in [3.63, 3.8) is 0 Å². The summed E-state index contributed by atoms with van der Waals surface area (Å²) in [5.74, 6) is 0.609. The fourth-order valence-corrected chi connectivity index (χ4v) is 3.54. The molecule has 1 atom stereocenters. The molecule has 0 saturated carbocycles. The molecule has 3 fully saturated rings. The van der Waals surface area contributed by atoms with Gasteiger partial charge in [-0.25, -0.2) is 0 Å². The van der Waals surface area contributed by atoms with E-state index in [0.29, 0.717) is 31.6 Å². The van der Waals surface area contributed by atoms with Gasteiger partial charge in [0.15, 0.2) is 5.79 Å². The van der Waals surface area contributed by atoms with Crippen LogP contribution in [0.3, 0.4) is 0 Å². The van der Waals surface area contributed by atoms with Gasteiger partial charge in [0.2, 0.25) is 5.91 Å². The first kappa shape index (κ1) is 14.3. The van der Waals surface area contributed by atoms with Crippen LogP contribution in [0.1, 0.15) is 32.6 Å². The summed E-state index contributed by atoms with van der Waals surface area (Å²) in [7, 11) is 0. The number of hydrogen-bond donors (Lipinski definition) is 0. The zero-order chi connectivity index (χ0) is 14.0. The average Bonchev–Trinajstić information content (AvgIpc) is 2.90. The van der Waals surface area contributed by atoms with E-state index in [1.54, 1.807) is 0 Å². The number of hydrogen-bond acceptors (Lipinski definition) is 4. The third kappa shape index (κ3) is 3.15. The first-order chi connectivity index (χ1) is 9.67. The van der Waals surface area contributed by atoms with E-state index >= 15 is 0 Å². The largest absolute Gasteiger partial charge is 0.347 e. The molecular formula is C15H26N2O3. The molecule has 0 aromatic rings. The first-order valence-electron chi connectivity index (χ1n) is 7.95. The van der Waals surface area contributed by atoms with Gasteiger partial charge in [0.05, 0.1) is 19.8 Å². The van der Waals surface area contributed by atoms with Crippen molar-refractivity contribution in [1.82, 2.24) is 9.80 Å². The summed E-state index contributed by atoms with van der Waals surface area (Å²) in [4.78, 5) is 16.6. The SMILES string of the molecule is CC1CCCN(C(=O)CN2CCC3(CC2)OCCO3)C1. The minimum atomic E-state index is -0.334. The van der Waals surface area contributed by atoms with Crippen LogP contribution in [0.15, 0.2) is 0 Å². The molecule has 5 nitrogen and oxygen atoms in total. The average molecular weight is 282 g/mol. The molecule has 1 amide bonds. The van der Waals surface area contributed by atoms with Gasteiger partial charge in [0.1, 0.15) is 0 Å². The molecule has 0 bridgehead atoms. The molecule has 114 valence electrons. The van der Waals surface area contributed by atoms with Crippen LogP contribution in [0.5, 0.6) is 0 Å². The van der Waals surface area contributed by atoms with Gasteiger partial charge < -0.3 is 14.4 Å². The van der Waals surface area contributed by atoms with Crippen molar-refractivity contribution < 1.29 is 14.3 Å². The van der Waals surface area contributed by atoms with E-state index in [4.69, 9.17) is 9.47 Å². The van der Waals surface area contributed by atoms with Crippen molar-refractivity contribution in [1.29, 1.82) is 0 Å². The van der Waals surface area contributed by atoms with E-state index in [1.165, 1.54) is 6.42 Å². The Morgan fingerprint density at radius 3 is 2.55 bits per heavy atom. The maximum Gasteiger partial charge on any atom is 0.236 e. The summed E-state index contributed by atoms with van der Waals surface area (Å²) in [5.41, 5.74) is 0. The number of carbonyl (C=O) groups excluding carboxylic acids is 1. The quantitative estimate of drug-likeness (QED) is 0.760. The minimum absolute atomic E-state index is 0.292. The fraction of sp³-hybridized carbons (Fsp3) is 0.933. The van der Waals surface area contributed by atoms with Crippen molar-refractivity contribution in [2.24, 2.45) is 5.92 Å². The Morgan fingerprint density at radius 2 is 1.90 bits per heavy atom. The van der Waals surface area contributed by atoms with E-state index in [2.05, 4.69) is 11.8 Å². The second-order valence-corrected chi connectivity index (χ2v) is 6.47. The third-order valence-electron chi connectivity index (χ3n) is 4.80. The van der Waals surface area contributed by atoms with Gasteiger partial charge >= 0.3 is 0 Å². The molecular weight excluding hydrogens is 256 g/mol. The van der Waals surface area contributed by atoms with Crippen LogP contribution < -0.4 is 0 Å². The van der Waals surface area contributed by atoms with Crippen molar-refractivity contribution in [3.8, 4) is 0 Å². The molecule has 3 rings (SSSR count). The van der Waals surface area contributed by atoms with Crippen LogP contribution in [0, 0.1) is 5.92 Å². The molecule has 3 heterocycles. The van der Waals surface area contributed by atoms with Gasteiger partial charge in [-0.05, 0) is 18.8 Å². The Kier molecular flexibility index (Phi) is 4.29. The molecule has 5 heteroatoms. The summed E-state index contributed by atoms with van der Waals surface area (Å²) in [6.45, 7) is 7.89. The Balaban J connectivity index is 1.45. The zero-order valence-electron chi connectivity index (χ0n) is 12.5. The maximum atomic E-state index is 12.3. The lowest BCUT2D eigenvalue weighted by Crippen LogP contribution is -2.50. The minimum Gasteiger partial charge on any atom is -0.347 e. The highest BCUT2D eigenvalue weighted by Crippen LogP contribution is 2.31. The number of piperidine rings is 2. The molecule has 1 spiro atoms. The van der Waals surface area contributed by atoms with Crippen LogP contribution in [-0.2, 0) is 14.3 Å². The van der Waals surface area contributed by atoms with E-state index in [1.807, 2.05) is 4.90 Å². The van der Waals surface area contributed by atoms with Crippen molar-refractivity contribution in [3.05, 3.63) is 0 Å². The van der Waals surface area contributed by atoms with E-state index in [-0.39, 0.29) is 5.79 Å². The van der Waals surface area contributed by atoms with Crippen LogP contribution in [0.2, 0.25) is 0 Å². The van der Waals surface area contributed by atoms with Gasteiger partial charge in [0.25, 0.3) is 0 Å². The summed E-state index contributed by atoms with van der Waals surface area (Å²) in [5, 5.41) is 0. The lowest BCUT2D eigenvalue weighted by molar-refractivity contribution is -0.186. The molecule has 0 aliphatic carbocycles. The number of nitrogens with zero attached hydrogens (tertiary/aromatic N) is 2. The smallest absolute Gasteiger partial charge is 0.236 e. The summed E-state index contributed by atoms with van der Waals surface area (Å²) in [6.07, 6.45) is 4.18. The Labute approximate surface area is 121 Å². The summed E-state index contributed by atoms with van der Waals surface area (Å²) in [6, 6.07) is 0. The predicted molar refractivity (Wildman–Crippen MR) is 75.3 cm³/mol. The predicted octanol–water partition coefficient (Wildman–Crippen LogP) is 1.08. The molecule has 3 aliphatic rings. The molecule has 0 aromatic carbocycles. The number of rotatable bonds is 2. The van der Waals surface area contributed by atoms with E-state index in [9.17, 15) is 4.79 Å². The number of amides is 1. The topological polar surface area (TPSA) is 42.0 Å². The molecule has 0 radical (unpaired) electrons. The van der Waals surface area contributed by atoms with E-state index in [0.717, 1.165) is 45.4 Å². The molecule has 1 unspecified atom stereocenters. The van der Waals surface area contributed by atoms with E-state index < -0.39 is 0 Å². The Bertz CT molecular complexity index is 345. The van der Waals surface area contributed by atoms with Gasteiger partial charge in [0, 0.05) is 39.0 Å². The molecule has 3 saturated heterocycles. The number of ether oxygens (including phenoxy) is 2. The van der Waals surface area contributed by atoms with Crippen LogP contribution in [0.25, 0.3) is 0 Å². The van der Waals surface area contributed by atoms with Crippen LogP contribution in [-0.4, -0.2) is 67.4 Å². The number of likely N-dealkylation sites (tertiary alicyclic amines) is 2. The monoisotopic (exact) mass is 282 g/mol. The second-order valence-electron chi connectivity index (χ2n) is 6.47. The molecule has 0 aromatic heterocycles. The fourth-order valence-electron chi connectivity index (χ4n) is 3.54. The molecule has 20 heavy (non-hydrogen) atoms. The van der Waals surface area contributed by atoms with Crippen LogP contribution >= 0.6 is 0 Å². The van der Waals surface area contributed by atoms with Gasteiger partial charge in [-0.2, -0.15) is 0 Å². The van der Waals surface area contributed by atoms with Crippen LogP contribution in [0.4, 0.5) is 0 Å². The standard InChI is InChI=1S/C15H26N2O3/c1-13-3-2-6-17(11-13)14(18)12-16-7-4-15(5-8-16)19-9-10-20-15/h13H,2-12H2,1H3. The normalized spacial score (nSPS) is 30.9. The third-order valence-corrected chi connectivity index (χ3v) is 4.80. The second kappa shape index (κ2) is 6.00. The van der Waals surface area contributed by atoms with Gasteiger partial charge in [-0.3, -0.25) is 9.69 Å². The maximum absolute atomic E-state index is 12.3. The van der Waals surface area contributed by atoms with Crippen molar-refractivity contribution >= 4 is 5.91 Å². The lowest BCUT2D eigenvalue weighted by Gasteiger charge is -2.38. The lowest BCUT2D eigenvalue weighted by atomic mass is 10.00. The number of carbonyl (C=O) groups is 1. The van der Waals surface area contributed by atoms with Gasteiger partial charge in [-0.15, -0.1) is 0 Å². The highest BCUT2D eigenvalue weighted by atomic mass is 16.7. The highest BCUT2D eigenvalue weighted by molar-refractivity contribution is 5.78. The van der Waals surface area contributed by atoms with Crippen molar-refractivity contribution in [2.75, 3.05) is 45.9 Å². The summed E-state index contributed by atoms with van der Waals surface area (Å²) >= 11 is 0.